The van der Waals surface area contributed by atoms with Gasteiger partial charge >= 0.3 is 6.03 Å². The molecule has 0 aromatic heterocycles. The molecule has 0 bridgehead atoms. The minimum absolute atomic E-state index is 0.146. The van der Waals surface area contributed by atoms with Gasteiger partial charge in [-0.25, -0.2) is 4.79 Å². The molecule has 0 saturated carbocycles. The van der Waals surface area contributed by atoms with Crippen molar-refractivity contribution in [2.75, 3.05) is 25.6 Å². The van der Waals surface area contributed by atoms with Crippen LogP contribution < -0.4 is 10.6 Å². The van der Waals surface area contributed by atoms with Crippen LogP contribution in [0.15, 0.2) is 22.7 Å². The number of benzene rings is 1. The summed E-state index contributed by atoms with van der Waals surface area (Å²) >= 11 is 3.39. The molecule has 0 heterocycles. The van der Waals surface area contributed by atoms with Crippen LogP contribution in [0.1, 0.15) is 5.56 Å². The topological polar surface area (TPSA) is 70.6 Å². The smallest absolute Gasteiger partial charge is 0.319 e. The molecule has 0 aliphatic heterocycles. The first kappa shape index (κ1) is 14.9. The van der Waals surface area contributed by atoms with Gasteiger partial charge in [0.05, 0.1) is 12.7 Å². The van der Waals surface area contributed by atoms with Crippen LogP contribution in [0.25, 0.3) is 0 Å². The van der Waals surface area contributed by atoms with Gasteiger partial charge in [0, 0.05) is 23.8 Å². The number of urea groups is 1. The standard InChI is InChI=1S/C12H17BrN2O3/c1-8-10(13)4-3-5-11(8)15-12(17)14-6-9(16)7-18-2/h3-5,9,16H,6-7H2,1-2H3,(H2,14,15,17). The summed E-state index contributed by atoms with van der Waals surface area (Å²) in [6, 6.07) is 5.20. The van der Waals surface area contributed by atoms with Crippen molar-refractivity contribution in [3.63, 3.8) is 0 Å². The summed E-state index contributed by atoms with van der Waals surface area (Å²) in [5.41, 5.74) is 1.67. The highest BCUT2D eigenvalue weighted by Gasteiger charge is 2.08. The first-order chi connectivity index (χ1) is 8.54. The van der Waals surface area contributed by atoms with Gasteiger partial charge in [-0.15, -0.1) is 0 Å². The van der Waals surface area contributed by atoms with Crippen molar-refractivity contribution >= 4 is 27.6 Å². The first-order valence-corrected chi connectivity index (χ1v) is 6.31. The van der Waals surface area contributed by atoms with Crippen molar-refractivity contribution < 1.29 is 14.6 Å². The van der Waals surface area contributed by atoms with Crippen LogP contribution in [0.3, 0.4) is 0 Å². The molecule has 0 radical (unpaired) electrons. The van der Waals surface area contributed by atoms with Crippen molar-refractivity contribution in [2.24, 2.45) is 0 Å². The number of aliphatic hydroxyl groups is 1. The third-order valence-corrected chi connectivity index (χ3v) is 3.23. The molecular formula is C12H17BrN2O3. The largest absolute Gasteiger partial charge is 0.389 e. The molecule has 3 N–H and O–H groups in total. The number of carbonyl (C=O) groups is 1. The van der Waals surface area contributed by atoms with E-state index in [2.05, 4.69) is 26.6 Å². The Hall–Kier alpha value is -1.11. The van der Waals surface area contributed by atoms with Crippen LogP contribution in [0, 0.1) is 6.92 Å². The van der Waals surface area contributed by atoms with Gasteiger partial charge in [0.1, 0.15) is 0 Å². The number of amides is 2. The predicted octanol–water partition coefficient (Wildman–Crippen LogP) is 1.89. The van der Waals surface area contributed by atoms with E-state index in [1.54, 1.807) is 0 Å². The Kier molecular flexibility index (Phi) is 6.11. The Morgan fingerprint density at radius 2 is 2.28 bits per heavy atom. The second kappa shape index (κ2) is 7.35. The number of ether oxygens (including phenoxy) is 1. The number of nitrogens with one attached hydrogen (secondary N) is 2. The molecule has 5 nitrogen and oxygen atoms in total. The number of aliphatic hydroxyl groups excluding tert-OH is 1. The molecule has 18 heavy (non-hydrogen) atoms. The maximum Gasteiger partial charge on any atom is 0.319 e. The van der Waals surface area contributed by atoms with Crippen molar-refractivity contribution in [3.8, 4) is 0 Å². The Morgan fingerprint density at radius 3 is 2.94 bits per heavy atom. The summed E-state index contributed by atoms with van der Waals surface area (Å²) < 4.78 is 5.69. The predicted molar refractivity (Wildman–Crippen MR) is 73.8 cm³/mol. The maximum atomic E-state index is 11.6. The molecule has 100 valence electrons. The zero-order valence-corrected chi connectivity index (χ0v) is 12.0. The van der Waals surface area contributed by atoms with Crippen LogP contribution in [-0.4, -0.2) is 37.5 Å². The minimum Gasteiger partial charge on any atom is -0.389 e. The third-order valence-electron chi connectivity index (χ3n) is 2.37. The van der Waals surface area contributed by atoms with Crippen LogP contribution >= 0.6 is 15.9 Å². The fraction of sp³-hybridized carbons (Fsp3) is 0.417. The third kappa shape index (κ3) is 4.64. The van der Waals surface area contributed by atoms with Crippen molar-refractivity contribution in [1.29, 1.82) is 0 Å². The summed E-state index contributed by atoms with van der Waals surface area (Å²) in [5, 5.41) is 14.7. The highest BCUT2D eigenvalue weighted by Crippen LogP contribution is 2.23. The van der Waals surface area contributed by atoms with E-state index in [0.29, 0.717) is 0 Å². The van der Waals surface area contributed by atoms with Gasteiger partial charge in [-0.1, -0.05) is 22.0 Å². The molecular weight excluding hydrogens is 300 g/mol. The molecule has 0 fully saturated rings. The molecule has 6 heteroatoms. The van der Waals surface area contributed by atoms with E-state index in [0.717, 1.165) is 15.7 Å². The van der Waals surface area contributed by atoms with Gasteiger partial charge < -0.3 is 20.5 Å². The summed E-state index contributed by atoms with van der Waals surface area (Å²) in [7, 11) is 1.49. The second-order valence-corrected chi connectivity index (χ2v) is 4.71. The second-order valence-electron chi connectivity index (χ2n) is 3.86. The van der Waals surface area contributed by atoms with E-state index >= 15 is 0 Å². The Balaban J connectivity index is 2.47. The molecule has 2 amide bonds. The Bertz CT molecular complexity index is 412. The van der Waals surface area contributed by atoms with Gasteiger partial charge in [0.25, 0.3) is 0 Å². The molecule has 0 aliphatic carbocycles. The molecule has 1 aromatic carbocycles. The average molecular weight is 317 g/mol. The quantitative estimate of drug-likeness (QED) is 0.777. The minimum atomic E-state index is -0.704. The van der Waals surface area contributed by atoms with E-state index in [1.165, 1.54) is 7.11 Å². The number of rotatable bonds is 5. The number of carbonyl (C=O) groups excluding carboxylic acids is 1. The lowest BCUT2D eigenvalue weighted by Gasteiger charge is -2.13. The van der Waals surface area contributed by atoms with E-state index in [1.807, 2.05) is 25.1 Å². The van der Waals surface area contributed by atoms with E-state index in [4.69, 9.17) is 4.74 Å². The maximum absolute atomic E-state index is 11.6. The molecule has 1 unspecified atom stereocenters. The van der Waals surface area contributed by atoms with E-state index < -0.39 is 6.10 Å². The van der Waals surface area contributed by atoms with Gasteiger partial charge in [0.2, 0.25) is 0 Å². The number of hydrogen-bond acceptors (Lipinski definition) is 3. The molecule has 0 aliphatic rings. The molecule has 1 atom stereocenters. The number of halogens is 1. The van der Waals surface area contributed by atoms with Gasteiger partial charge in [-0.05, 0) is 24.6 Å². The van der Waals surface area contributed by atoms with E-state index in [-0.39, 0.29) is 19.2 Å². The lowest BCUT2D eigenvalue weighted by atomic mass is 10.2. The fourth-order valence-electron chi connectivity index (χ4n) is 1.37. The Morgan fingerprint density at radius 1 is 1.56 bits per heavy atom. The highest BCUT2D eigenvalue weighted by atomic mass is 79.9. The van der Waals surface area contributed by atoms with Gasteiger partial charge in [0.15, 0.2) is 0 Å². The van der Waals surface area contributed by atoms with Crippen molar-refractivity contribution in [1.82, 2.24) is 5.32 Å². The molecule has 1 aromatic rings. The van der Waals surface area contributed by atoms with E-state index in [9.17, 15) is 9.90 Å². The van der Waals surface area contributed by atoms with Gasteiger partial charge in [-0.2, -0.15) is 0 Å². The molecule has 1 rings (SSSR count). The van der Waals surface area contributed by atoms with Crippen LogP contribution in [0.5, 0.6) is 0 Å². The lowest BCUT2D eigenvalue weighted by molar-refractivity contribution is 0.0663. The van der Waals surface area contributed by atoms with Crippen LogP contribution in [0.2, 0.25) is 0 Å². The molecule has 0 spiro atoms. The lowest BCUT2D eigenvalue weighted by Crippen LogP contribution is -2.37. The monoisotopic (exact) mass is 316 g/mol. The zero-order chi connectivity index (χ0) is 13.5. The van der Waals surface area contributed by atoms with Crippen LogP contribution in [-0.2, 0) is 4.74 Å². The number of hydrogen-bond donors (Lipinski definition) is 3. The summed E-state index contributed by atoms with van der Waals surface area (Å²) in [6.45, 7) is 2.24. The zero-order valence-electron chi connectivity index (χ0n) is 10.4. The Labute approximate surface area is 115 Å². The summed E-state index contributed by atoms with van der Waals surface area (Å²) in [5.74, 6) is 0. The van der Waals surface area contributed by atoms with Crippen molar-refractivity contribution in [2.45, 2.75) is 13.0 Å². The normalized spacial score (nSPS) is 12.0. The van der Waals surface area contributed by atoms with Crippen molar-refractivity contribution in [3.05, 3.63) is 28.2 Å². The van der Waals surface area contributed by atoms with Gasteiger partial charge in [-0.3, -0.25) is 0 Å². The SMILES string of the molecule is COCC(O)CNC(=O)Nc1cccc(Br)c1C. The number of anilines is 1. The number of methoxy groups -OCH3 is 1. The summed E-state index contributed by atoms with van der Waals surface area (Å²) in [4.78, 5) is 11.6. The molecule has 0 saturated heterocycles. The van der Waals surface area contributed by atoms with Crippen LogP contribution in [0.4, 0.5) is 10.5 Å². The highest BCUT2D eigenvalue weighted by molar-refractivity contribution is 9.10. The average Bonchev–Trinajstić information content (AvgIpc) is 2.33. The first-order valence-electron chi connectivity index (χ1n) is 5.51. The summed E-state index contributed by atoms with van der Waals surface area (Å²) in [6.07, 6.45) is -0.704. The fourth-order valence-corrected chi connectivity index (χ4v) is 1.74.